The molecule has 6 heteroatoms. The molecule has 0 aromatic heterocycles. The number of ether oxygens (including phenoxy) is 1. The Hall–Kier alpha value is -2.50. The summed E-state index contributed by atoms with van der Waals surface area (Å²) in [6.45, 7) is 0.969. The molecule has 22 heavy (non-hydrogen) atoms. The highest BCUT2D eigenvalue weighted by Gasteiger charge is 2.22. The van der Waals surface area contributed by atoms with E-state index in [0.29, 0.717) is 18.7 Å². The molecule has 0 aliphatic carbocycles. The molecule has 2 aromatic carbocycles. The first-order valence-corrected chi connectivity index (χ1v) is 6.71. The van der Waals surface area contributed by atoms with Gasteiger partial charge in [-0.25, -0.2) is 18.0 Å². The molecule has 0 saturated carbocycles. The van der Waals surface area contributed by atoms with E-state index in [1.807, 2.05) is 0 Å². The van der Waals surface area contributed by atoms with Gasteiger partial charge in [0.05, 0.1) is 6.54 Å². The minimum Gasteiger partial charge on any atom is -0.448 e. The van der Waals surface area contributed by atoms with Crippen LogP contribution in [0.3, 0.4) is 0 Å². The van der Waals surface area contributed by atoms with Crippen LogP contribution in [-0.2, 0) is 11.3 Å². The predicted octanol–water partition coefficient (Wildman–Crippen LogP) is 3.72. The maximum Gasteiger partial charge on any atom is 0.410 e. The first kappa shape index (κ1) is 14.4. The summed E-state index contributed by atoms with van der Waals surface area (Å²) in [5, 5.41) is 0. The maximum atomic E-state index is 14.2. The maximum absolute atomic E-state index is 14.2. The van der Waals surface area contributed by atoms with Gasteiger partial charge in [0.25, 0.3) is 0 Å². The van der Waals surface area contributed by atoms with Crippen LogP contribution >= 0.6 is 0 Å². The molecule has 1 saturated heterocycles. The summed E-state index contributed by atoms with van der Waals surface area (Å²) < 4.78 is 46.0. The van der Waals surface area contributed by atoms with Crippen LogP contribution < -0.4 is 0 Å². The lowest BCUT2D eigenvalue weighted by Crippen LogP contribution is -2.23. The predicted molar refractivity (Wildman–Crippen MR) is 73.5 cm³/mol. The topological polar surface area (TPSA) is 29.5 Å². The SMILES string of the molecule is O=C1OCCN1Cc1ccc(-c2cccc(F)c2F)c(F)c1. The van der Waals surface area contributed by atoms with E-state index in [4.69, 9.17) is 4.74 Å². The van der Waals surface area contributed by atoms with Gasteiger partial charge in [-0.05, 0) is 17.7 Å². The van der Waals surface area contributed by atoms with Crippen molar-refractivity contribution in [2.45, 2.75) is 6.54 Å². The zero-order valence-electron chi connectivity index (χ0n) is 11.5. The molecule has 0 spiro atoms. The Balaban J connectivity index is 1.89. The van der Waals surface area contributed by atoms with Gasteiger partial charge in [-0.15, -0.1) is 0 Å². The molecule has 114 valence electrons. The number of amides is 1. The molecule has 0 N–H and O–H groups in total. The van der Waals surface area contributed by atoms with Crippen LogP contribution in [0.5, 0.6) is 0 Å². The van der Waals surface area contributed by atoms with Gasteiger partial charge in [-0.1, -0.05) is 24.3 Å². The summed E-state index contributed by atoms with van der Waals surface area (Å²) in [5.74, 6) is -2.78. The lowest BCUT2D eigenvalue weighted by molar-refractivity contribution is 0.157. The zero-order chi connectivity index (χ0) is 15.7. The molecule has 1 heterocycles. The van der Waals surface area contributed by atoms with Crippen LogP contribution in [0.15, 0.2) is 36.4 Å². The number of carbonyl (C=O) groups excluding carboxylic acids is 1. The van der Waals surface area contributed by atoms with Crippen molar-refractivity contribution in [2.24, 2.45) is 0 Å². The van der Waals surface area contributed by atoms with Crippen LogP contribution in [-0.4, -0.2) is 24.1 Å². The number of benzene rings is 2. The van der Waals surface area contributed by atoms with Gasteiger partial charge < -0.3 is 9.64 Å². The van der Waals surface area contributed by atoms with Gasteiger partial charge in [0, 0.05) is 17.7 Å². The van der Waals surface area contributed by atoms with E-state index < -0.39 is 23.5 Å². The van der Waals surface area contributed by atoms with E-state index in [-0.39, 0.29) is 17.7 Å². The molecule has 3 nitrogen and oxygen atoms in total. The van der Waals surface area contributed by atoms with E-state index >= 15 is 0 Å². The number of hydrogen-bond acceptors (Lipinski definition) is 2. The van der Waals surface area contributed by atoms with Gasteiger partial charge >= 0.3 is 6.09 Å². The summed E-state index contributed by atoms with van der Waals surface area (Å²) in [6.07, 6.45) is -0.444. The van der Waals surface area contributed by atoms with Crippen molar-refractivity contribution < 1.29 is 22.7 Å². The number of nitrogens with zero attached hydrogens (tertiary/aromatic N) is 1. The van der Waals surface area contributed by atoms with Crippen LogP contribution in [0.2, 0.25) is 0 Å². The van der Waals surface area contributed by atoms with E-state index in [1.165, 1.54) is 29.2 Å². The van der Waals surface area contributed by atoms with Crippen molar-refractivity contribution in [3.63, 3.8) is 0 Å². The van der Waals surface area contributed by atoms with E-state index in [1.54, 1.807) is 6.07 Å². The third-order valence-corrected chi connectivity index (χ3v) is 3.49. The lowest BCUT2D eigenvalue weighted by Gasteiger charge is -2.13. The number of carbonyl (C=O) groups is 1. The van der Waals surface area contributed by atoms with E-state index in [0.717, 1.165) is 6.07 Å². The standard InChI is InChI=1S/C16H12F3NO2/c17-13-3-1-2-12(15(13)19)11-5-4-10(8-14(11)18)9-20-6-7-22-16(20)21/h1-5,8H,6-7,9H2. The fourth-order valence-corrected chi connectivity index (χ4v) is 2.38. The Morgan fingerprint density at radius 2 is 1.86 bits per heavy atom. The first-order valence-electron chi connectivity index (χ1n) is 6.71. The van der Waals surface area contributed by atoms with Gasteiger partial charge in [0.15, 0.2) is 11.6 Å². The number of rotatable bonds is 3. The third-order valence-electron chi connectivity index (χ3n) is 3.49. The summed E-state index contributed by atoms with van der Waals surface area (Å²) >= 11 is 0. The van der Waals surface area contributed by atoms with Crippen LogP contribution in [0, 0.1) is 17.5 Å². The highest BCUT2D eigenvalue weighted by atomic mass is 19.2. The fourth-order valence-electron chi connectivity index (χ4n) is 2.38. The first-order chi connectivity index (χ1) is 10.6. The highest BCUT2D eigenvalue weighted by molar-refractivity contribution is 5.69. The number of halogens is 3. The number of hydrogen-bond donors (Lipinski definition) is 0. The molecule has 3 rings (SSSR count). The average Bonchev–Trinajstić information content (AvgIpc) is 2.88. The second-order valence-electron chi connectivity index (χ2n) is 4.95. The van der Waals surface area contributed by atoms with Crippen molar-refractivity contribution in [3.8, 4) is 11.1 Å². The molecule has 0 atom stereocenters. The van der Waals surface area contributed by atoms with Crippen molar-refractivity contribution in [1.82, 2.24) is 4.90 Å². The van der Waals surface area contributed by atoms with Crippen molar-refractivity contribution in [1.29, 1.82) is 0 Å². The van der Waals surface area contributed by atoms with Crippen molar-refractivity contribution in [2.75, 3.05) is 13.2 Å². The fraction of sp³-hybridized carbons (Fsp3) is 0.188. The Bertz CT molecular complexity index is 733. The summed E-state index contributed by atoms with van der Waals surface area (Å²) in [4.78, 5) is 12.8. The monoisotopic (exact) mass is 307 g/mol. The van der Waals surface area contributed by atoms with E-state index in [2.05, 4.69) is 0 Å². The second kappa shape index (κ2) is 5.71. The van der Waals surface area contributed by atoms with Crippen molar-refractivity contribution >= 4 is 6.09 Å². The lowest BCUT2D eigenvalue weighted by atomic mass is 10.0. The number of cyclic esters (lactones) is 1. The summed E-state index contributed by atoms with van der Waals surface area (Å²) in [5.41, 5.74) is 0.395. The van der Waals surface area contributed by atoms with Crippen LogP contribution in [0.4, 0.5) is 18.0 Å². The summed E-state index contributed by atoms with van der Waals surface area (Å²) in [7, 11) is 0. The van der Waals surface area contributed by atoms with Crippen molar-refractivity contribution in [3.05, 3.63) is 59.4 Å². The molecule has 1 aliphatic heterocycles. The van der Waals surface area contributed by atoms with E-state index in [9.17, 15) is 18.0 Å². The van der Waals surface area contributed by atoms with Crippen LogP contribution in [0.1, 0.15) is 5.56 Å². The quantitative estimate of drug-likeness (QED) is 0.865. The minimum atomic E-state index is -1.09. The summed E-state index contributed by atoms with van der Waals surface area (Å²) in [6, 6.07) is 7.78. The second-order valence-corrected chi connectivity index (χ2v) is 4.95. The molecule has 1 aliphatic rings. The molecule has 0 radical (unpaired) electrons. The molecule has 0 unspecified atom stereocenters. The normalized spacial score (nSPS) is 14.3. The minimum absolute atomic E-state index is 0.0234. The highest BCUT2D eigenvalue weighted by Crippen LogP contribution is 2.28. The van der Waals surface area contributed by atoms with Gasteiger partial charge in [-0.2, -0.15) is 0 Å². The molecule has 0 bridgehead atoms. The van der Waals surface area contributed by atoms with Gasteiger partial charge in [0.1, 0.15) is 12.4 Å². The van der Waals surface area contributed by atoms with Gasteiger partial charge in [-0.3, -0.25) is 0 Å². The average molecular weight is 307 g/mol. The molecule has 2 aromatic rings. The molecular formula is C16H12F3NO2. The molecule has 1 fully saturated rings. The molecule has 1 amide bonds. The largest absolute Gasteiger partial charge is 0.448 e. The van der Waals surface area contributed by atoms with Crippen LogP contribution in [0.25, 0.3) is 11.1 Å². The Morgan fingerprint density at radius 1 is 1.05 bits per heavy atom. The Labute approximate surface area is 124 Å². The Kier molecular flexibility index (Phi) is 3.75. The smallest absolute Gasteiger partial charge is 0.410 e. The Morgan fingerprint density at radius 3 is 2.55 bits per heavy atom. The van der Waals surface area contributed by atoms with Gasteiger partial charge in [0.2, 0.25) is 0 Å². The third kappa shape index (κ3) is 2.64. The molecular weight excluding hydrogens is 295 g/mol. The zero-order valence-corrected chi connectivity index (χ0v) is 11.5.